The Hall–Kier alpha value is -2.02. The molecule has 1 aromatic carbocycles. The van der Waals surface area contributed by atoms with Crippen LogP contribution in [-0.2, 0) is 4.79 Å². The van der Waals surface area contributed by atoms with E-state index in [2.05, 4.69) is 5.32 Å². The van der Waals surface area contributed by atoms with Crippen molar-refractivity contribution in [1.29, 1.82) is 0 Å². The topological polar surface area (TPSA) is 98.3 Å². The summed E-state index contributed by atoms with van der Waals surface area (Å²) in [6.45, 7) is 1.47. The average molecular weight is 227 g/mol. The van der Waals surface area contributed by atoms with Gasteiger partial charge >= 0.3 is 5.69 Å². The molecule has 1 unspecified atom stereocenters. The van der Waals surface area contributed by atoms with Crippen molar-refractivity contribution in [2.75, 3.05) is 5.32 Å². The van der Waals surface area contributed by atoms with Crippen molar-refractivity contribution in [2.45, 2.75) is 13.0 Å². The number of nitro benzene ring substituents is 1. The molecule has 1 rings (SSSR count). The molecule has 0 saturated carbocycles. The zero-order valence-electron chi connectivity index (χ0n) is 8.44. The van der Waals surface area contributed by atoms with Crippen molar-refractivity contribution in [1.82, 2.24) is 0 Å². The molecule has 0 aliphatic heterocycles. The van der Waals surface area contributed by atoms with E-state index in [1.54, 1.807) is 0 Å². The van der Waals surface area contributed by atoms with Gasteiger partial charge in [0.1, 0.15) is 0 Å². The number of nitrogens with two attached hydrogens (primary N) is 1. The standard InChI is InChI=1S/C9H10FN3O3/c1-5(11)9(14)12-6-2-3-7(10)8(4-6)13(15)16/h2-5H,11H2,1H3,(H,12,14). The van der Waals surface area contributed by atoms with Gasteiger partial charge in [-0.05, 0) is 19.1 Å². The Labute approximate surface area is 90.4 Å². The Morgan fingerprint density at radius 1 is 1.62 bits per heavy atom. The first kappa shape index (κ1) is 12.1. The summed E-state index contributed by atoms with van der Waals surface area (Å²) < 4.78 is 12.9. The van der Waals surface area contributed by atoms with Gasteiger partial charge in [0.2, 0.25) is 11.7 Å². The molecule has 1 amide bonds. The van der Waals surface area contributed by atoms with Gasteiger partial charge in [0.05, 0.1) is 11.0 Å². The minimum atomic E-state index is -0.955. The van der Waals surface area contributed by atoms with E-state index in [-0.39, 0.29) is 5.69 Å². The summed E-state index contributed by atoms with van der Waals surface area (Å²) in [6, 6.07) is 2.33. The van der Waals surface area contributed by atoms with E-state index in [1.807, 2.05) is 0 Å². The molecule has 0 spiro atoms. The lowest BCUT2D eigenvalue weighted by Crippen LogP contribution is -2.32. The van der Waals surface area contributed by atoms with E-state index in [0.29, 0.717) is 0 Å². The van der Waals surface area contributed by atoms with Crippen molar-refractivity contribution < 1.29 is 14.1 Å². The molecular weight excluding hydrogens is 217 g/mol. The molecule has 0 aromatic heterocycles. The number of anilines is 1. The summed E-state index contributed by atoms with van der Waals surface area (Å²) in [5.74, 6) is -1.45. The fourth-order valence-corrected chi connectivity index (χ4v) is 0.986. The molecule has 3 N–H and O–H groups in total. The highest BCUT2D eigenvalue weighted by molar-refractivity contribution is 5.94. The zero-order chi connectivity index (χ0) is 12.3. The first-order valence-corrected chi connectivity index (χ1v) is 4.42. The van der Waals surface area contributed by atoms with Crippen LogP contribution in [0.4, 0.5) is 15.8 Å². The van der Waals surface area contributed by atoms with Crippen molar-refractivity contribution >= 4 is 17.3 Å². The van der Waals surface area contributed by atoms with Gasteiger partial charge in [-0.15, -0.1) is 0 Å². The van der Waals surface area contributed by atoms with Gasteiger partial charge in [-0.3, -0.25) is 14.9 Å². The minimum Gasteiger partial charge on any atom is -0.324 e. The number of nitrogens with zero attached hydrogens (tertiary/aromatic N) is 1. The number of nitro groups is 1. The molecule has 16 heavy (non-hydrogen) atoms. The van der Waals surface area contributed by atoms with Crippen LogP contribution in [0.5, 0.6) is 0 Å². The molecule has 0 aliphatic carbocycles. The van der Waals surface area contributed by atoms with E-state index >= 15 is 0 Å². The SMILES string of the molecule is CC(N)C(=O)Nc1ccc(F)c([N+](=O)[O-])c1. The molecule has 0 radical (unpaired) electrons. The van der Waals surface area contributed by atoms with Gasteiger partial charge in [-0.2, -0.15) is 4.39 Å². The van der Waals surface area contributed by atoms with Crippen molar-refractivity contribution in [3.63, 3.8) is 0 Å². The van der Waals surface area contributed by atoms with Crippen LogP contribution in [0.1, 0.15) is 6.92 Å². The zero-order valence-corrected chi connectivity index (χ0v) is 8.44. The van der Waals surface area contributed by atoms with Gasteiger partial charge in [0, 0.05) is 11.8 Å². The minimum absolute atomic E-state index is 0.135. The molecule has 86 valence electrons. The Kier molecular flexibility index (Phi) is 3.51. The first-order chi connectivity index (χ1) is 7.41. The van der Waals surface area contributed by atoms with E-state index in [1.165, 1.54) is 13.0 Å². The highest BCUT2D eigenvalue weighted by atomic mass is 19.1. The van der Waals surface area contributed by atoms with Crippen molar-refractivity contribution in [3.8, 4) is 0 Å². The van der Waals surface area contributed by atoms with Crippen LogP contribution in [0.25, 0.3) is 0 Å². The van der Waals surface area contributed by atoms with Crippen LogP contribution < -0.4 is 11.1 Å². The van der Waals surface area contributed by atoms with E-state index in [0.717, 1.165) is 12.1 Å². The molecule has 0 aliphatic rings. The number of nitrogens with one attached hydrogen (secondary N) is 1. The third kappa shape index (κ3) is 2.74. The highest BCUT2D eigenvalue weighted by Crippen LogP contribution is 2.21. The van der Waals surface area contributed by atoms with E-state index in [4.69, 9.17) is 5.73 Å². The maximum Gasteiger partial charge on any atom is 0.306 e. The van der Waals surface area contributed by atoms with Crippen LogP contribution >= 0.6 is 0 Å². The van der Waals surface area contributed by atoms with Gasteiger partial charge in [0.25, 0.3) is 0 Å². The molecule has 0 heterocycles. The predicted molar refractivity (Wildman–Crippen MR) is 55.3 cm³/mol. The van der Waals surface area contributed by atoms with E-state index < -0.39 is 28.4 Å². The molecule has 0 fully saturated rings. The van der Waals surface area contributed by atoms with Crippen LogP contribution in [0, 0.1) is 15.9 Å². The van der Waals surface area contributed by atoms with Crippen LogP contribution in [0.3, 0.4) is 0 Å². The second kappa shape index (κ2) is 4.67. The normalized spacial score (nSPS) is 11.9. The first-order valence-electron chi connectivity index (χ1n) is 4.42. The lowest BCUT2D eigenvalue weighted by atomic mass is 10.2. The van der Waals surface area contributed by atoms with Crippen molar-refractivity contribution in [3.05, 3.63) is 34.1 Å². The Morgan fingerprint density at radius 2 is 2.25 bits per heavy atom. The van der Waals surface area contributed by atoms with E-state index in [9.17, 15) is 19.3 Å². The predicted octanol–water partition coefficient (Wildman–Crippen LogP) is 1.02. The number of carbonyl (C=O) groups is 1. The molecule has 1 atom stereocenters. The van der Waals surface area contributed by atoms with Gasteiger partial charge in [-0.1, -0.05) is 0 Å². The second-order valence-corrected chi connectivity index (χ2v) is 3.20. The van der Waals surface area contributed by atoms with Gasteiger partial charge in [0.15, 0.2) is 0 Å². The fourth-order valence-electron chi connectivity index (χ4n) is 0.986. The quantitative estimate of drug-likeness (QED) is 0.594. The Balaban J connectivity index is 2.95. The summed E-state index contributed by atoms with van der Waals surface area (Å²) in [7, 11) is 0. The van der Waals surface area contributed by atoms with Crippen LogP contribution in [0.15, 0.2) is 18.2 Å². The molecule has 6 nitrogen and oxygen atoms in total. The Morgan fingerprint density at radius 3 is 2.75 bits per heavy atom. The second-order valence-electron chi connectivity index (χ2n) is 3.20. The maximum atomic E-state index is 12.9. The summed E-state index contributed by atoms with van der Waals surface area (Å²) in [5, 5.41) is 12.8. The summed E-state index contributed by atoms with van der Waals surface area (Å²) in [4.78, 5) is 20.7. The largest absolute Gasteiger partial charge is 0.324 e. The number of hydrogen-bond acceptors (Lipinski definition) is 4. The lowest BCUT2D eigenvalue weighted by molar-refractivity contribution is -0.387. The number of benzene rings is 1. The molecule has 0 bridgehead atoms. The third-order valence-corrected chi connectivity index (χ3v) is 1.82. The molecular formula is C9H10FN3O3. The Bertz CT molecular complexity index is 434. The summed E-state index contributed by atoms with van der Waals surface area (Å²) in [6.07, 6.45) is 0. The average Bonchev–Trinajstić information content (AvgIpc) is 2.20. The smallest absolute Gasteiger partial charge is 0.306 e. The number of hydrogen-bond donors (Lipinski definition) is 2. The number of halogens is 1. The highest BCUT2D eigenvalue weighted by Gasteiger charge is 2.16. The fraction of sp³-hybridized carbons (Fsp3) is 0.222. The van der Waals surface area contributed by atoms with Crippen molar-refractivity contribution in [2.24, 2.45) is 5.73 Å². The van der Waals surface area contributed by atoms with Crippen LogP contribution in [-0.4, -0.2) is 16.9 Å². The summed E-state index contributed by atoms with van der Waals surface area (Å²) >= 11 is 0. The summed E-state index contributed by atoms with van der Waals surface area (Å²) in [5.41, 5.74) is 4.73. The lowest BCUT2D eigenvalue weighted by Gasteiger charge is -2.07. The van der Waals surface area contributed by atoms with Crippen LogP contribution in [0.2, 0.25) is 0 Å². The molecule has 7 heteroatoms. The van der Waals surface area contributed by atoms with Gasteiger partial charge < -0.3 is 11.1 Å². The molecule has 1 aromatic rings. The van der Waals surface area contributed by atoms with Gasteiger partial charge in [-0.25, -0.2) is 0 Å². The molecule has 0 saturated heterocycles. The third-order valence-electron chi connectivity index (χ3n) is 1.82. The number of amides is 1. The number of rotatable bonds is 3. The number of carbonyl (C=O) groups excluding carboxylic acids is 1. The monoisotopic (exact) mass is 227 g/mol. The maximum absolute atomic E-state index is 12.9.